The van der Waals surface area contributed by atoms with Crippen LogP contribution in [0.25, 0.3) is 0 Å². The molecule has 98 valence electrons. The van der Waals surface area contributed by atoms with Gasteiger partial charge in [-0.25, -0.2) is 0 Å². The normalized spacial score (nSPS) is 26.6. The standard InChI is InChI=1S/C15H23N3/c1-17-8-10-18(11-9-17)15-6-7-16-12-13-4-2-3-5-14(13)15/h2-5,15-16H,6-12H2,1H3. The maximum atomic E-state index is 3.54. The first-order chi connectivity index (χ1) is 8.84. The highest BCUT2D eigenvalue weighted by molar-refractivity contribution is 5.31. The minimum atomic E-state index is 0.616. The molecule has 1 fully saturated rings. The summed E-state index contributed by atoms with van der Waals surface area (Å²) in [4.78, 5) is 5.10. The quantitative estimate of drug-likeness (QED) is 0.808. The molecule has 3 heteroatoms. The molecule has 0 aliphatic carbocycles. The third-order valence-corrected chi connectivity index (χ3v) is 4.30. The van der Waals surface area contributed by atoms with Crippen molar-refractivity contribution in [1.82, 2.24) is 15.1 Å². The van der Waals surface area contributed by atoms with Gasteiger partial charge in [0, 0.05) is 38.8 Å². The Morgan fingerprint density at radius 3 is 2.72 bits per heavy atom. The molecule has 1 unspecified atom stereocenters. The topological polar surface area (TPSA) is 18.5 Å². The van der Waals surface area contributed by atoms with Crippen molar-refractivity contribution in [2.75, 3.05) is 39.8 Å². The van der Waals surface area contributed by atoms with E-state index in [1.54, 1.807) is 5.56 Å². The zero-order valence-electron chi connectivity index (χ0n) is 11.2. The van der Waals surface area contributed by atoms with Crippen LogP contribution >= 0.6 is 0 Å². The molecule has 2 aliphatic heterocycles. The monoisotopic (exact) mass is 245 g/mol. The molecule has 1 N–H and O–H groups in total. The smallest absolute Gasteiger partial charge is 0.0364 e. The molecule has 1 aromatic carbocycles. The molecule has 0 radical (unpaired) electrons. The minimum Gasteiger partial charge on any atom is -0.313 e. The second kappa shape index (κ2) is 5.39. The van der Waals surface area contributed by atoms with Crippen molar-refractivity contribution in [3.63, 3.8) is 0 Å². The van der Waals surface area contributed by atoms with E-state index in [9.17, 15) is 0 Å². The highest BCUT2D eigenvalue weighted by Gasteiger charge is 2.26. The Kier molecular flexibility index (Phi) is 3.64. The first-order valence-corrected chi connectivity index (χ1v) is 7.06. The number of hydrogen-bond acceptors (Lipinski definition) is 3. The van der Waals surface area contributed by atoms with Crippen molar-refractivity contribution in [3.8, 4) is 0 Å². The highest BCUT2D eigenvalue weighted by Crippen LogP contribution is 2.29. The average molecular weight is 245 g/mol. The van der Waals surface area contributed by atoms with Gasteiger partial charge >= 0.3 is 0 Å². The van der Waals surface area contributed by atoms with E-state index in [0.29, 0.717) is 6.04 Å². The number of nitrogens with zero attached hydrogens (tertiary/aromatic N) is 2. The fraction of sp³-hybridized carbons (Fsp3) is 0.600. The molecule has 0 spiro atoms. The minimum absolute atomic E-state index is 0.616. The molecule has 0 amide bonds. The maximum Gasteiger partial charge on any atom is 0.0364 e. The number of nitrogens with one attached hydrogen (secondary N) is 1. The third-order valence-electron chi connectivity index (χ3n) is 4.30. The van der Waals surface area contributed by atoms with E-state index >= 15 is 0 Å². The SMILES string of the molecule is CN1CCN(C2CCNCc3ccccc32)CC1. The molecule has 1 atom stereocenters. The fourth-order valence-corrected chi connectivity index (χ4v) is 3.15. The first kappa shape index (κ1) is 12.2. The summed E-state index contributed by atoms with van der Waals surface area (Å²) in [6.45, 7) is 6.97. The van der Waals surface area contributed by atoms with Crippen LogP contribution in [0.3, 0.4) is 0 Å². The molecular weight excluding hydrogens is 222 g/mol. The van der Waals surface area contributed by atoms with Gasteiger partial charge in [0.15, 0.2) is 0 Å². The Balaban J connectivity index is 1.83. The zero-order chi connectivity index (χ0) is 12.4. The maximum absolute atomic E-state index is 3.54. The summed E-state index contributed by atoms with van der Waals surface area (Å²) in [5.41, 5.74) is 3.03. The zero-order valence-corrected chi connectivity index (χ0v) is 11.2. The van der Waals surface area contributed by atoms with Gasteiger partial charge in [-0.2, -0.15) is 0 Å². The Morgan fingerprint density at radius 1 is 1.11 bits per heavy atom. The third kappa shape index (κ3) is 2.44. The number of piperazine rings is 1. The predicted octanol–water partition coefficient (Wildman–Crippen LogP) is 1.47. The lowest BCUT2D eigenvalue weighted by Gasteiger charge is -2.38. The van der Waals surface area contributed by atoms with E-state index in [2.05, 4.69) is 46.4 Å². The molecule has 0 saturated carbocycles. The summed E-state index contributed by atoms with van der Waals surface area (Å²) in [6, 6.07) is 9.56. The number of likely N-dealkylation sites (N-methyl/N-ethyl adjacent to an activating group) is 1. The van der Waals surface area contributed by atoms with Crippen LogP contribution in [0.1, 0.15) is 23.6 Å². The molecule has 3 rings (SSSR count). The molecule has 1 aromatic rings. The van der Waals surface area contributed by atoms with Crippen LogP contribution in [0.5, 0.6) is 0 Å². The van der Waals surface area contributed by atoms with Gasteiger partial charge in [-0.15, -0.1) is 0 Å². The summed E-state index contributed by atoms with van der Waals surface area (Å²) in [5.74, 6) is 0. The van der Waals surface area contributed by atoms with Gasteiger partial charge < -0.3 is 10.2 Å². The van der Waals surface area contributed by atoms with E-state index in [1.165, 1.54) is 38.2 Å². The first-order valence-electron chi connectivity index (χ1n) is 7.06. The molecule has 2 aliphatic rings. The van der Waals surface area contributed by atoms with Gasteiger partial charge in [-0.3, -0.25) is 4.90 Å². The molecular formula is C15H23N3. The van der Waals surface area contributed by atoms with Gasteiger partial charge in [0.05, 0.1) is 0 Å². The lowest BCUT2D eigenvalue weighted by atomic mass is 9.97. The van der Waals surface area contributed by atoms with Crippen molar-refractivity contribution in [1.29, 1.82) is 0 Å². The van der Waals surface area contributed by atoms with Gasteiger partial charge in [-0.1, -0.05) is 24.3 Å². The van der Waals surface area contributed by atoms with E-state index in [-0.39, 0.29) is 0 Å². The molecule has 3 nitrogen and oxygen atoms in total. The van der Waals surface area contributed by atoms with E-state index in [1.807, 2.05) is 0 Å². The van der Waals surface area contributed by atoms with Gasteiger partial charge in [-0.05, 0) is 31.1 Å². The molecule has 1 saturated heterocycles. The van der Waals surface area contributed by atoms with Crippen molar-refractivity contribution >= 4 is 0 Å². The number of fused-ring (bicyclic) bond motifs is 1. The lowest BCUT2D eigenvalue weighted by Crippen LogP contribution is -2.46. The molecule has 0 bridgehead atoms. The Morgan fingerprint density at radius 2 is 1.89 bits per heavy atom. The Labute approximate surface area is 110 Å². The Hall–Kier alpha value is -0.900. The summed E-state index contributed by atoms with van der Waals surface area (Å²) < 4.78 is 0. The van der Waals surface area contributed by atoms with Crippen LogP contribution in [0.15, 0.2) is 24.3 Å². The summed E-state index contributed by atoms with van der Waals surface area (Å²) in [7, 11) is 2.22. The summed E-state index contributed by atoms with van der Waals surface area (Å²) in [5, 5.41) is 3.54. The van der Waals surface area contributed by atoms with Gasteiger partial charge in [0.2, 0.25) is 0 Å². The van der Waals surface area contributed by atoms with E-state index < -0.39 is 0 Å². The fourth-order valence-electron chi connectivity index (χ4n) is 3.15. The number of benzene rings is 1. The largest absolute Gasteiger partial charge is 0.313 e. The Bertz CT molecular complexity index is 396. The van der Waals surface area contributed by atoms with Gasteiger partial charge in [0.25, 0.3) is 0 Å². The molecule has 18 heavy (non-hydrogen) atoms. The van der Waals surface area contributed by atoms with Crippen molar-refractivity contribution in [3.05, 3.63) is 35.4 Å². The van der Waals surface area contributed by atoms with E-state index in [0.717, 1.165) is 13.1 Å². The summed E-state index contributed by atoms with van der Waals surface area (Å²) in [6.07, 6.45) is 1.24. The van der Waals surface area contributed by atoms with Crippen LogP contribution in [0, 0.1) is 0 Å². The predicted molar refractivity (Wildman–Crippen MR) is 74.6 cm³/mol. The van der Waals surface area contributed by atoms with Gasteiger partial charge in [0.1, 0.15) is 0 Å². The van der Waals surface area contributed by atoms with Crippen LogP contribution in [0.4, 0.5) is 0 Å². The average Bonchev–Trinajstić information content (AvgIpc) is 2.62. The second-order valence-electron chi connectivity index (χ2n) is 5.52. The second-order valence-corrected chi connectivity index (χ2v) is 5.52. The van der Waals surface area contributed by atoms with Crippen LogP contribution in [-0.2, 0) is 6.54 Å². The number of hydrogen-bond donors (Lipinski definition) is 1. The van der Waals surface area contributed by atoms with Crippen LogP contribution in [0.2, 0.25) is 0 Å². The van der Waals surface area contributed by atoms with Crippen LogP contribution < -0.4 is 5.32 Å². The van der Waals surface area contributed by atoms with Crippen molar-refractivity contribution < 1.29 is 0 Å². The van der Waals surface area contributed by atoms with Crippen LogP contribution in [-0.4, -0.2) is 49.6 Å². The van der Waals surface area contributed by atoms with E-state index in [4.69, 9.17) is 0 Å². The molecule has 0 aromatic heterocycles. The van der Waals surface area contributed by atoms with Crippen molar-refractivity contribution in [2.24, 2.45) is 0 Å². The number of rotatable bonds is 1. The lowest BCUT2D eigenvalue weighted by molar-refractivity contribution is 0.108. The highest BCUT2D eigenvalue weighted by atomic mass is 15.3. The summed E-state index contributed by atoms with van der Waals surface area (Å²) >= 11 is 0. The van der Waals surface area contributed by atoms with Crippen molar-refractivity contribution in [2.45, 2.75) is 19.0 Å². The molecule has 2 heterocycles.